The minimum absolute atomic E-state index is 0.577. The Labute approximate surface area is 103 Å². The van der Waals surface area contributed by atoms with E-state index in [2.05, 4.69) is 17.1 Å². The predicted molar refractivity (Wildman–Crippen MR) is 67.1 cm³/mol. The molecule has 4 nitrogen and oxygen atoms in total. The van der Waals surface area contributed by atoms with Gasteiger partial charge in [0.1, 0.15) is 5.54 Å². The molecule has 1 saturated heterocycles. The van der Waals surface area contributed by atoms with E-state index in [1.807, 2.05) is 0 Å². The molecule has 0 aromatic heterocycles. The standard InChI is InChI=1S/C13H24N2O2/c1-11-3-2-5-13(6-4-11,12(16)17)15-9-7-14-8-10-15/h11,14H,2-10H2,1H3,(H,16,17). The molecule has 2 atom stereocenters. The third-order valence-corrected chi connectivity index (χ3v) is 4.46. The van der Waals surface area contributed by atoms with Gasteiger partial charge < -0.3 is 10.4 Å². The molecule has 4 heteroatoms. The molecule has 2 aliphatic rings. The van der Waals surface area contributed by atoms with E-state index in [-0.39, 0.29) is 0 Å². The molecule has 2 N–H and O–H groups in total. The molecule has 98 valence electrons. The Bertz CT molecular complexity index is 277. The van der Waals surface area contributed by atoms with Gasteiger partial charge >= 0.3 is 5.97 Å². The maximum Gasteiger partial charge on any atom is 0.324 e. The molecule has 1 heterocycles. The van der Waals surface area contributed by atoms with Gasteiger partial charge in [0.05, 0.1) is 0 Å². The van der Waals surface area contributed by atoms with Crippen molar-refractivity contribution in [3.8, 4) is 0 Å². The monoisotopic (exact) mass is 240 g/mol. The van der Waals surface area contributed by atoms with Crippen molar-refractivity contribution < 1.29 is 9.90 Å². The molecule has 17 heavy (non-hydrogen) atoms. The van der Waals surface area contributed by atoms with Gasteiger partial charge in [0.15, 0.2) is 0 Å². The molecule has 2 rings (SSSR count). The average molecular weight is 240 g/mol. The van der Waals surface area contributed by atoms with Crippen molar-refractivity contribution in [2.45, 2.75) is 44.6 Å². The Morgan fingerprint density at radius 3 is 2.65 bits per heavy atom. The van der Waals surface area contributed by atoms with Crippen LogP contribution >= 0.6 is 0 Å². The van der Waals surface area contributed by atoms with E-state index in [1.54, 1.807) is 0 Å². The fraction of sp³-hybridized carbons (Fsp3) is 0.923. The number of carboxylic acid groups (broad SMARTS) is 1. The number of rotatable bonds is 2. The van der Waals surface area contributed by atoms with Crippen molar-refractivity contribution in [3.05, 3.63) is 0 Å². The lowest BCUT2D eigenvalue weighted by Gasteiger charge is -2.42. The molecule has 0 radical (unpaired) electrons. The highest BCUT2D eigenvalue weighted by Crippen LogP contribution is 2.35. The minimum atomic E-state index is -0.603. The Kier molecular flexibility index (Phi) is 4.05. The molecular weight excluding hydrogens is 216 g/mol. The quantitative estimate of drug-likeness (QED) is 0.715. The molecule has 2 fully saturated rings. The van der Waals surface area contributed by atoms with E-state index in [0.29, 0.717) is 5.92 Å². The number of nitrogens with zero attached hydrogens (tertiary/aromatic N) is 1. The SMILES string of the molecule is CC1CCCC(C(=O)O)(N2CCNCC2)CC1. The van der Waals surface area contributed by atoms with Crippen molar-refractivity contribution in [2.75, 3.05) is 26.2 Å². The summed E-state index contributed by atoms with van der Waals surface area (Å²) in [7, 11) is 0. The van der Waals surface area contributed by atoms with E-state index >= 15 is 0 Å². The van der Waals surface area contributed by atoms with Crippen molar-refractivity contribution in [1.82, 2.24) is 10.2 Å². The fourth-order valence-corrected chi connectivity index (χ4v) is 3.26. The summed E-state index contributed by atoms with van der Waals surface area (Å²) in [5, 5.41) is 13.0. The lowest BCUT2D eigenvalue weighted by atomic mass is 9.87. The van der Waals surface area contributed by atoms with Crippen LogP contribution in [0.5, 0.6) is 0 Å². The second-order valence-corrected chi connectivity index (χ2v) is 5.61. The third kappa shape index (κ3) is 2.63. The van der Waals surface area contributed by atoms with E-state index < -0.39 is 11.5 Å². The lowest BCUT2D eigenvalue weighted by molar-refractivity contribution is -0.153. The number of hydrogen-bond donors (Lipinski definition) is 2. The van der Waals surface area contributed by atoms with Crippen molar-refractivity contribution >= 4 is 5.97 Å². The summed E-state index contributed by atoms with van der Waals surface area (Å²) in [4.78, 5) is 14.0. The summed E-state index contributed by atoms with van der Waals surface area (Å²) < 4.78 is 0. The van der Waals surface area contributed by atoms with Crippen LogP contribution in [0.15, 0.2) is 0 Å². The first-order valence-electron chi connectivity index (χ1n) is 6.84. The van der Waals surface area contributed by atoms with Crippen LogP contribution < -0.4 is 5.32 Å². The summed E-state index contributed by atoms with van der Waals surface area (Å²) in [6.45, 7) is 5.84. The first kappa shape index (κ1) is 12.8. The first-order valence-corrected chi connectivity index (χ1v) is 6.84. The molecule has 0 amide bonds. The first-order chi connectivity index (χ1) is 8.15. The zero-order valence-electron chi connectivity index (χ0n) is 10.7. The predicted octanol–water partition coefficient (Wildman–Crippen LogP) is 1.32. The van der Waals surface area contributed by atoms with Gasteiger partial charge in [-0.2, -0.15) is 0 Å². The molecule has 1 aliphatic heterocycles. The molecular formula is C13H24N2O2. The minimum Gasteiger partial charge on any atom is -0.480 e. The highest BCUT2D eigenvalue weighted by molar-refractivity contribution is 5.78. The van der Waals surface area contributed by atoms with Crippen LogP contribution in [0.2, 0.25) is 0 Å². The van der Waals surface area contributed by atoms with Gasteiger partial charge in [-0.15, -0.1) is 0 Å². The van der Waals surface area contributed by atoms with Crippen molar-refractivity contribution in [2.24, 2.45) is 5.92 Å². The molecule has 0 spiro atoms. The van der Waals surface area contributed by atoms with E-state index in [0.717, 1.165) is 51.9 Å². The maximum absolute atomic E-state index is 11.8. The van der Waals surface area contributed by atoms with Crippen LogP contribution in [0.1, 0.15) is 39.0 Å². The number of aliphatic carboxylic acids is 1. The summed E-state index contributed by atoms with van der Waals surface area (Å²) in [5.74, 6) is 0.0765. The van der Waals surface area contributed by atoms with Crippen molar-refractivity contribution in [1.29, 1.82) is 0 Å². The highest BCUT2D eigenvalue weighted by atomic mass is 16.4. The Balaban J connectivity index is 2.15. The van der Waals surface area contributed by atoms with E-state index in [1.165, 1.54) is 6.42 Å². The molecule has 1 aliphatic carbocycles. The van der Waals surface area contributed by atoms with E-state index in [9.17, 15) is 9.90 Å². The third-order valence-electron chi connectivity index (χ3n) is 4.46. The Morgan fingerprint density at radius 1 is 1.29 bits per heavy atom. The van der Waals surface area contributed by atoms with Gasteiger partial charge in [0.2, 0.25) is 0 Å². The van der Waals surface area contributed by atoms with Crippen LogP contribution in [-0.4, -0.2) is 47.7 Å². The fourth-order valence-electron chi connectivity index (χ4n) is 3.26. The van der Waals surface area contributed by atoms with Crippen LogP contribution in [0, 0.1) is 5.92 Å². The Morgan fingerprint density at radius 2 is 2.00 bits per heavy atom. The van der Waals surface area contributed by atoms with Gasteiger partial charge in [0.25, 0.3) is 0 Å². The maximum atomic E-state index is 11.8. The summed E-state index contributed by atoms with van der Waals surface area (Å²) in [6, 6.07) is 0. The van der Waals surface area contributed by atoms with Gasteiger partial charge in [-0.1, -0.05) is 19.8 Å². The normalized spacial score (nSPS) is 36.4. The second kappa shape index (κ2) is 5.36. The van der Waals surface area contributed by atoms with Crippen molar-refractivity contribution in [3.63, 3.8) is 0 Å². The summed E-state index contributed by atoms with van der Waals surface area (Å²) in [6.07, 6.45) is 4.94. The van der Waals surface area contributed by atoms with Crippen LogP contribution in [-0.2, 0) is 4.79 Å². The van der Waals surface area contributed by atoms with Crippen LogP contribution in [0.25, 0.3) is 0 Å². The largest absolute Gasteiger partial charge is 0.480 e. The number of nitrogens with one attached hydrogen (secondary N) is 1. The second-order valence-electron chi connectivity index (χ2n) is 5.61. The van der Waals surface area contributed by atoms with Crippen LogP contribution in [0.4, 0.5) is 0 Å². The van der Waals surface area contributed by atoms with E-state index in [4.69, 9.17) is 0 Å². The van der Waals surface area contributed by atoms with Gasteiger partial charge in [-0.3, -0.25) is 9.69 Å². The number of carboxylic acids is 1. The zero-order chi connectivity index (χ0) is 12.3. The molecule has 0 aromatic rings. The summed E-state index contributed by atoms with van der Waals surface area (Å²) >= 11 is 0. The summed E-state index contributed by atoms with van der Waals surface area (Å²) in [5.41, 5.74) is -0.577. The van der Waals surface area contributed by atoms with Gasteiger partial charge in [-0.05, 0) is 25.2 Å². The molecule has 1 saturated carbocycles. The molecule has 0 bridgehead atoms. The highest BCUT2D eigenvalue weighted by Gasteiger charge is 2.44. The Hall–Kier alpha value is -0.610. The topological polar surface area (TPSA) is 52.6 Å². The van der Waals surface area contributed by atoms with Gasteiger partial charge in [-0.25, -0.2) is 0 Å². The zero-order valence-corrected chi connectivity index (χ0v) is 10.7. The number of carbonyl (C=O) groups is 1. The van der Waals surface area contributed by atoms with Gasteiger partial charge in [0, 0.05) is 26.2 Å². The van der Waals surface area contributed by atoms with Crippen LogP contribution in [0.3, 0.4) is 0 Å². The number of piperazine rings is 1. The molecule has 2 unspecified atom stereocenters. The lowest BCUT2D eigenvalue weighted by Crippen LogP contribution is -2.60. The smallest absolute Gasteiger partial charge is 0.324 e. The number of hydrogen-bond acceptors (Lipinski definition) is 3. The molecule has 0 aromatic carbocycles. The average Bonchev–Trinajstić information content (AvgIpc) is 2.53.